The van der Waals surface area contributed by atoms with Crippen LogP contribution in [-0.4, -0.2) is 49.3 Å². The molecule has 0 atom stereocenters. The Morgan fingerprint density at radius 2 is 1.73 bits per heavy atom. The zero-order chi connectivity index (χ0) is 21.3. The first-order valence-electron chi connectivity index (χ1n) is 10.2. The van der Waals surface area contributed by atoms with Crippen LogP contribution in [0.15, 0.2) is 42.6 Å². The quantitative estimate of drug-likeness (QED) is 0.648. The molecule has 0 saturated carbocycles. The molecular weight excluding hydrogens is 382 g/mol. The number of benzene rings is 1. The topological polar surface area (TPSA) is 95.6 Å². The van der Waals surface area contributed by atoms with Crippen molar-refractivity contribution in [1.82, 2.24) is 20.9 Å². The minimum Gasteiger partial charge on any atom is -0.378 e. The predicted octanol–water partition coefficient (Wildman–Crippen LogP) is 2.06. The monoisotopic (exact) mass is 411 g/mol. The highest BCUT2D eigenvalue weighted by atomic mass is 16.5. The highest BCUT2D eigenvalue weighted by molar-refractivity contribution is 5.94. The van der Waals surface area contributed by atoms with Gasteiger partial charge in [0.2, 0.25) is 0 Å². The number of anilines is 1. The lowest BCUT2D eigenvalue weighted by Gasteiger charge is -2.28. The van der Waals surface area contributed by atoms with Gasteiger partial charge >= 0.3 is 6.03 Å². The Balaban J connectivity index is 1.49. The molecule has 30 heavy (non-hydrogen) atoms. The maximum Gasteiger partial charge on any atom is 0.315 e. The predicted molar refractivity (Wildman–Crippen MR) is 115 cm³/mol. The molecule has 160 valence electrons. The number of aromatic nitrogens is 1. The third-order valence-corrected chi connectivity index (χ3v) is 4.69. The van der Waals surface area contributed by atoms with Crippen molar-refractivity contribution in [3.63, 3.8) is 0 Å². The van der Waals surface area contributed by atoms with Gasteiger partial charge in [0.25, 0.3) is 5.91 Å². The maximum atomic E-state index is 12.5. The Bertz CT molecular complexity index is 848. The van der Waals surface area contributed by atoms with Crippen molar-refractivity contribution in [2.24, 2.45) is 0 Å². The molecule has 0 unspecified atom stereocenters. The van der Waals surface area contributed by atoms with Crippen molar-refractivity contribution >= 4 is 17.8 Å². The van der Waals surface area contributed by atoms with Gasteiger partial charge in [0.15, 0.2) is 0 Å². The molecule has 1 saturated heterocycles. The summed E-state index contributed by atoms with van der Waals surface area (Å²) < 4.78 is 5.38. The lowest BCUT2D eigenvalue weighted by molar-refractivity contribution is 0.0951. The van der Waals surface area contributed by atoms with E-state index in [1.54, 1.807) is 18.3 Å². The van der Waals surface area contributed by atoms with Crippen LogP contribution in [0, 0.1) is 0 Å². The molecule has 1 fully saturated rings. The van der Waals surface area contributed by atoms with E-state index in [0.717, 1.165) is 30.0 Å². The molecule has 2 heterocycles. The highest BCUT2D eigenvalue weighted by Gasteiger charge is 2.13. The summed E-state index contributed by atoms with van der Waals surface area (Å²) in [5, 5.41) is 8.51. The summed E-state index contributed by atoms with van der Waals surface area (Å²) in [7, 11) is 0. The molecule has 0 aliphatic carbocycles. The summed E-state index contributed by atoms with van der Waals surface area (Å²) in [5.41, 5.74) is 2.50. The van der Waals surface area contributed by atoms with Crippen LogP contribution in [-0.2, 0) is 17.8 Å². The fourth-order valence-corrected chi connectivity index (χ4v) is 3.09. The van der Waals surface area contributed by atoms with Crippen LogP contribution in [0.5, 0.6) is 0 Å². The Labute approximate surface area is 177 Å². The molecule has 8 heteroatoms. The van der Waals surface area contributed by atoms with E-state index in [9.17, 15) is 9.59 Å². The minimum atomic E-state index is -0.208. The number of nitrogens with one attached hydrogen (secondary N) is 3. The van der Waals surface area contributed by atoms with Gasteiger partial charge < -0.3 is 25.6 Å². The largest absolute Gasteiger partial charge is 0.378 e. The normalized spacial score (nSPS) is 13.8. The third kappa shape index (κ3) is 6.45. The van der Waals surface area contributed by atoms with E-state index in [1.807, 2.05) is 38.1 Å². The van der Waals surface area contributed by atoms with E-state index in [1.165, 1.54) is 0 Å². The molecule has 1 aromatic heterocycles. The number of morpholine rings is 1. The first kappa shape index (κ1) is 21.6. The summed E-state index contributed by atoms with van der Waals surface area (Å²) in [4.78, 5) is 30.7. The number of urea groups is 1. The van der Waals surface area contributed by atoms with Gasteiger partial charge in [0.05, 0.1) is 13.2 Å². The van der Waals surface area contributed by atoms with Crippen molar-refractivity contribution < 1.29 is 14.3 Å². The van der Waals surface area contributed by atoms with Gasteiger partial charge in [0, 0.05) is 44.0 Å². The summed E-state index contributed by atoms with van der Waals surface area (Å²) in [6.45, 7) is 7.70. The Morgan fingerprint density at radius 1 is 1.03 bits per heavy atom. The van der Waals surface area contributed by atoms with E-state index in [2.05, 4.69) is 25.8 Å². The highest BCUT2D eigenvalue weighted by Crippen LogP contribution is 2.14. The van der Waals surface area contributed by atoms with Crippen LogP contribution < -0.4 is 20.9 Å². The molecule has 3 rings (SSSR count). The molecule has 8 nitrogen and oxygen atoms in total. The molecule has 1 aromatic carbocycles. The Morgan fingerprint density at radius 3 is 2.43 bits per heavy atom. The number of carbonyl (C=O) groups excluding carboxylic acids is 2. The number of hydrogen-bond acceptors (Lipinski definition) is 5. The average molecular weight is 412 g/mol. The van der Waals surface area contributed by atoms with Gasteiger partial charge in [-0.05, 0) is 49.2 Å². The van der Waals surface area contributed by atoms with E-state index >= 15 is 0 Å². The number of nitrogens with zero attached hydrogens (tertiary/aromatic N) is 2. The standard InChI is InChI=1S/C22H29N5O3/c1-16(2)26-22(29)25-14-17-3-5-19(6-4-17)21(28)24-15-18-7-8-23-20(13-18)27-9-11-30-12-10-27/h3-8,13,16H,9-12,14-15H2,1-2H3,(H,24,28)(H2,25,26,29). The van der Waals surface area contributed by atoms with E-state index < -0.39 is 0 Å². The molecule has 1 aliphatic rings. The summed E-state index contributed by atoms with van der Waals surface area (Å²) in [5.74, 6) is 0.764. The van der Waals surface area contributed by atoms with Gasteiger partial charge in [-0.1, -0.05) is 12.1 Å². The summed E-state index contributed by atoms with van der Waals surface area (Å²) in [6, 6.07) is 11.0. The van der Waals surface area contributed by atoms with Gasteiger partial charge in [-0.15, -0.1) is 0 Å². The number of pyridine rings is 1. The van der Waals surface area contributed by atoms with Gasteiger partial charge in [-0.3, -0.25) is 4.79 Å². The lowest BCUT2D eigenvalue weighted by atomic mass is 10.1. The molecule has 1 aliphatic heterocycles. The second-order valence-corrected chi connectivity index (χ2v) is 7.48. The van der Waals surface area contributed by atoms with E-state index in [4.69, 9.17) is 4.74 Å². The number of rotatable bonds is 7. The third-order valence-electron chi connectivity index (χ3n) is 4.69. The second-order valence-electron chi connectivity index (χ2n) is 7.48. The summed E-state index contributed by atoms with van der Waals surface area (Å²) >= 11 is 0. The first-order valence-corrected chi connectivity index (χ1v) is 10.2. The molecule has 0 bridgehead atoms. The Hall–Kier alpha value is -3.13. The van der Waals surface area contributed by atoms with Crippen LogP contribution >= 0.6 is 0 Å². The van der Waals surface area contributed by atoms with Crippen molar-refractivity contribution in [3.8, 4) is 0 Å². The van der Waals surface area contributed by atoms with Crippen LogP contribution in [0.2, 0.25) is 0 Å². The van der Waals surface area contributed by atoms with Gasteiger partial charge in [-0.25, -0.2) is 9.78 Å². The Kier molecular flexibility index (Phi) is 7.62. The zero-order valence-corrected chi connectivity index (χ0v) is 17.5. The zero-order valence-electron chi connectivity index (χ0n) is 17.5. The minimum absolute atomic E-state index is 0.0846. The van der Waals surface area contributed by atoms with E-state index in [0.29, 0.717) is 31.9 Å². The molecule has 0 radical (unpaired) electrons. The van der Waals surface area contributed by atoms with Gasteiger partial charge in [-0.2, -0.15) is 0 Å². The molecule has 3 N–H and O–H groups in total. The number of carbonyl (C=O) groups is 2. The number of hydrogen-bond donors (Lipinski definition) is 3. The molecular formula is C22H29N5O3. The average Bonchev–Trinajstić information content (AvgIpc) is 2.77. The maximum absolute atomic E-state index is 12.5. The number of ether oxygens (including phenoxy) is 1. The van der Waals surface area contributed by atoms with Crippen molar-refractivity contribution in [1.29, 1.82) is 0 Å². The van der Waals surface area contributed by atoms with Crippen LogP contribution in [0.25, 0.3) is 0 Å². The second kappa shape index (κ2) is 10.6. The number of amides is 3. The van der Waals surface area contributed by atoms with Gasteiger partial charge in [0.1, 0.15) is 5.82 Å². The van der Waals surface area contributed by atoms with Crippen LogP contribution in [0.3, 0.4) is 0 Å². The van der Waals surface area contributed by atoms with Crippen molar-refractivity contribution in [2.45, 2.75) is 33.0 Å². The lowest BCUT2D eigenvalue weighted by Crippen LogP contribution is -2.39. The molecule has 0 spiro atoms. The fourth-order valence-electron chi connectivity index (χ4n) is 3.09. The van der Waals surface area contributed by atoms with Crippen molar-refractivity contribution in [3.05, 3.63) is 59.3 Å². The SMILES string of the molecule is CC(C)NC(=O)NCc1ccc(C(=O)NCc2ccnc(N3CCOCC3)c2)cc1. The fraction of sp³-hybridized carbons (Fsp3) is 0.409. The molecule has 3 amide bonds. The van der Waals surface area contributed by atoms with Crippen LogP contribution in [0.1, 0.15) is 35.3 Å². The first-order chi connectivity index (χ1) is 14.5. The van der Waals surface area contributed by atoms with Crippen molar-refractivity contribution in [2.75, 3.05) is 31.2 Å². The van der Waals surface area contributed by atoms with Crippen LogP contribution in [0.4, 0.5) is 10.6 Å². The smallest absolute Gasteiger partial charge is 0.315 e. The molecule has 2 aromatic rings. The van der Waals surface area contributed by atoms with E-state index in [-0.39, 0.29) is 18.0 Å². The summed E-state index contributed by atoms with van der Waals surface area (Å²) in [6.07, 6.45) is 1.77.